The maximum Gasteiger partial charge on any atom is 0.289 e. The van der Waals surface area contributed by atoms with Gasteiger partial charge >= 0.3 is 0 Å². The van der Waals surface area contributed by atoms with Crippen molar-refractivity contribution in [1.82, 2.24) is 14.3 Å². The molecule has 1 saturated heterocycles. The molecule has 2 aromatic heterocycles. The lowest BCUT2D eigenvalue weighted by molar-refractivity contribution is 0.491. The molecule has 37 heavy (non-hydrogen) atoms. The van der Waals surface area contributed by atoms with E-state index in [1.165, 1.54) is 30.5 Å². The molecule has 0 unspecified atom stereocenters. The summed E-state index contributed by atoms with van der Waals surface area (Å²) < 4.78 is 55.0. The van der Waals surface area contributed by atoms with Crippen molar-refractivity contribution in [3.05, 3.63) is 78.4 Å². The Kier molecular flexibility index (Phi) is 6.50. The maximum atomic E-state index is 15.3. The average Bonchev–Trinajstić information content (AvgIpc) is 3.22. The van der Waals surface area contributed by atoms with Crippen molar-refractivity contribution < 1.29 is 17.9 Å². The van der Waals surface area contributed by atoms with Gasteiger partial charge in [0.1, 0.15) is 11.5 Å². The fraction of sp³-hybridized carbons (Fsp3) is 0.208. The van der Waals surface area contributed by atoms with E-state index in [0.717, 1.165) is 9.25 Å². The second-order valence-electron chi connectivity index (χ2n) is 8.65. The van der Waals surface area contributed by atoms with Gasteiger partial charge < -0.3 is 9.88 Å². The molecule has 9 nitrogen and oxygen atoms in total. The molecule has 0 radical (unpaired) electrons. The molecule has 0 aliphatic carbocycles. The highest BCUT2D eigenvalue weighted by molar-refractivity contribution is 14.1. The maximum absolute atomic E-state index is 15.3. The Hall–Kier alpha value is -3.01. The van der Waals surface area contributed by atoms with E-state index in [1.807, 2.05) is 22.6 Å². The number of hydrogen-bond acceptors (Lipinski definition) is 7. The Morgan fingerprint density at radius 3 is 2.51 bits per heavy atom. The number of nitrogens with one attached hydrogen (secondary N) is 1. The van der Waals surface area contributed by atoms with Gasteiger partial charge in [-0.2, -0.15) is 9.49 Å². The molecule has 1 aliphatic heterocycles. The molecule has 3 N–H and O–H groups in total. The zero-order valence-electron chi connectivity index (χ0n) is 19.7. The van der Waals surface area contributed by atoms with Crippen LogP contribution in [0, 0.1) is 15.2 Å². The van der Waals surface area contributed by atoms with Gasteiger partial charge in [0.2, 0.25) is 5.82 Å². The van der Waals surface area contributed by atoms with Gasteiger partial charge in [-0.3, -0.25) is 23.0 Å². The van der Waals surface area contributed by atoms with E-state index in [1.54, 1.807) is 30.3 Å². The van der Waals surface area contributed by atoms with Gasteiger partial charge in [-0.25, -0.2) is 9.07 Å². The van der Waals surface area contributed by atoms with Gasteiger partial charge in [0, 0.05) is 29.8 Å². The van der Waals surface area contributed by atoms with Crippen molar-refractivity contribution in [3.8, 4) is 11.3 Å². The van der Waals surface area contributed by atoms with Crippen LogP contribution < -0.4 is 20.7 Å². The van der Waals surface area contributed by atoms with Gasteiger partial charge in [0.25, 0.3) is 11.1 Å². The van der Waals surface area contributed by atoms with Crippen LogP contribution in [0.1, 0.15) is 6.42 Å². The standard InChI is InChI=1S/C24H22F2IN5O4S/c1-30-22-18(21(19(26)24(30)34)28-17-8-7-14(27)12-16(17)25)23(33)31(2)29-20(22)13-5-3-6-15(11-13)32-9-4-10-37(32,35)36/h3,5-8,11-12,28,35-36H,4,9-10H2,1-2H3. The number of halogens is 3. The number of pyridine rings is 1. The van der Waals surface area contributed by atoms with Crippen LogP contribution in [0.25, 0.3) is 22.2 Å². The van der Waals surface area contributed by atoms with Gasteiger partial charge in [0.05, 0.1) is 33.7 Å². The smallest absolute Gasteiger partial charge is 0.289 e. The molecular formula is C24H22F2IN5O4S. The summed E-state index contributed by atoms with van der Waals surface area (Å²) in [5.74, 6) is -1.65. The number of aryl methyl sites for hydroxylation is 2. The van der Waals surface area contributed by atoms with Crippen LogP contribution in [0.2, 0.25) is 0 Å². The average molecular weight is 641 g/mol. The fourth-order valence-electron chi connectivity index (χ4n) is 4.44. The van der Waals surface area contributed by atoms with Crippen LogP contribution in [0.3, 0.4) is 0 Å². The largest absolute Gasteiger partial charge is 0.350 e. The number of aromatic nitrogens is 3. The third-order valence-corrected chi connectivity index (χ3v) is 8.85. The summed E-state index contributed by atoms with van der Waals surface area (Å²) in [5, 5.41) is 6.80. The van der Waals surface area contributed by atoms with E-state index >= 15 is 4.39 Å². The molecule has 2 aromatic carbocycles. The minimum absolute atomic E-state index is 0.0492. The van der Waals surface area contributed by atoms with Gasteiger partial charge in [-0.05, 0) is 59.3 Å². The second-order valence-corrected chi connectivity index (χ2v) is 12.0. The zero-order valence-corrected chi connectivity index (χ0v) is 22.7. The number of fused-ring (bicyclic) bond motifs is 1. The molecular weight excluding hydrogens is 619 g/mol. The van der Waals surface area contributed by atoms with Crippen LogP contribution in [0.4, 0.5) is 25.8 Å². The third-order valence-electron chi connectivity index (χ3n) is 6.25. The minimum Gasteiger partial charge on any atom is -0.350 e. The molecule has 5 rings (SSSR count). The molecule has 194 valence electrons. The molecule has 0 saturated carbocycles. The molecule has 0 bridgehead atoms. The van der Waals surface area contributed by atoms with Crippen molar-refractivity contribution >= 4 is 61.3 Å². The number of hydrogen-bond donors (Lipinski definition) is 3. The number of nitrogens with zero attached hydrogens (tertiary/aromatic N) is 4. The van der Waals surface area contributed by atoms with Crippen LogP contribution in [-0.4, -0.2) is 35.8 Å². The molecule has 1 fully saturated rings. The predicted octanol–water partition coefficient (Wildman–Crippen LogP) is 4.80. The lowest BCUT2D eigenvalue weighted by Crippen LogP contribution is -2.29. The molecule has 13 heteroatoms. The fourth-order valence-corrected chi connectivity index (χ4v) is 6.51. The summed E-state index contributed by atoms with van der Waals surface area (Å²) >= 11 is 1.93. The molecule has 0 spiro atoms. The highest BCUT2D eigenvalue weighted by Gasteiger charge is 2.30. The quantitative estimate of drug-likeness (QED) is 0.275. The summed E-state index contributed by atoms with van der Waals surface area (Å²) in [6.07, 6.45) is 0.617. The van der Waals surface area contributed by atoms with Crippen LogP contribution >= 0.6 is 33.4 Å². The van der Waals surface area contributed by atoms with Crippen molar-refractivity contribution in [1.29, 1.82) is 0 Å². The molecule has 1 aliphatic rings. The topological polar surface area (TPSA) is 113 Å². The number of anilines is 3. The van der Waals surface area contributed by atoms with E-state index in [2.05, 4.69) is 10.4 Å². The highest BCUT2D eigenvalue weighted by Crippen LogP contribution is 2.51. The van der Waals surface area contributed by atoms with E-state index in [0.29, 0.717) is 27.8 Å². The van der Waals surface area contributed by atoms with Crippen LogP contribution in [-0.2, 0) is 14.1 Å². The van der Waals surface area contributed by atoms with Crippen LogP contribution in [0.15, 0.2) is 52.1 Å². The Balaban J connectivity index is 1.78. The molecule has 4 aromatic rings. The highest BCUT2D eigenvalue weighted by atomic mass is 127. The van der Waals surface area contributed by atoms with E-state index < -0.39 is 39.2 Å². The first-order chi connectivity index (χ1) is 17.5. The molecule has 3 heterocycles. The zero-order chi connectivity index (χ0) is 26.6. The molecule has 0 atom stereocenters. The normalized spacial score (nSPS) is 15.8. The lowest BCUT2D eigenvalue weighted by Gasteiger charge is -2.38. The second kappa shape index (κ2) is 9.38. The lowest BCUT2D eigenvalue weighted by atomic mass is 10.1. The summed E-state index contributed by atoms with van der Waals surface area (Å²) in [7, 11) is -0.237. The first-order valence-corrected chi connectivity index (χ1v) is 13.9. The van der Waals surface area contributed by atoms with Crippen molar-refractivity contribution in [2.75, 3.05) is 21.9 Å². The SMILES string of the molecule is Cn1nc(-c2cccc(N3CCCS3(O)O)c2)c2c(c(Nc3ccc(I)cc3F)c(F)c(=O)n2C)c1=O. The Bertz CT molecular complexity index is 1690. The number of rotatable bonds is 4. The van der Waals surface area contributed by atoms with Crippen LogP contribution in [0.5, 0.6) is 0 Å². The van der Waals surface area contributed by atoms with E-state index in [4.69, 9.17) is 0 Å². The third kappa shape index (κ3) is 4.39. The van der Waals surface area contributed by atoms with Gasteiger partial charge in [-0.1, -0.05) is 12.1 Å². The Morgan fingerprint density at radius 2 is 1.84 bits per heavy atom. The summed E-state index contributed by atoms with van der Waals surface area (Å²) in [5.41, 5.74) is -1.02. The first-order valence-electron chi connectivity index (χ1n) is 11.1. The summed E-state index contributed by atoms with van der Waals surface area (Å²) in [6, 6.07) is 11.0. The Morgan fingerprint density at radius 1 is 1.08 bits per heavy atom. The van der Waals surface area contributed by atoms with Crippen molar-refractivity contribution in [2.45, 2.75) is 6.42 Å². The van der Waals surface area contributed by atoms with Crippen molar-refractivity contribution in [2.24, 2.45) is 14.1 Å². The van der Waals surface area contributed by atoms with Crippen molar-refractivity contribution in [3.63, 3.8) is 0 Å². The van der Waals surface area contributed by atoms with E-state index in [9.17, 15) is 23.1 Å². The molecule has 0 amide bonds. The van der Waals surface area contributed by atoms with Gasteiger partial charge in [0.15, 0.2) is 0 Å². The van der Waals surface area contributed by atoms with Gasteiger partial charge in [-0.15, -0.1) is 10.8 Å². The minimum atomic E-state index is -2.96. The van der Waals surface area contributed by atoms with E-state index in [-0.39, 0.29) is 28.0 Å². The summed E-state index contributed by atoms with van der Waals surface area (Å²) in [6.45, 7) is 0.451. The number of benzene rings is 2. The first kappa shape index (κ1) is 25.6. The summed E-state index contributed by atoms with van der Waals surface area (Å²) in [4.78, 5) is 26.2. The predicted molar refractivity (Wildman–Crippen MR) is 150 cm³/mol. The monoisotopic (exact) mass is 641 g/mol. The Labute approximate surface area is 225 Å².